The number of amidine groups is 1. The van der Waals surface area contributed by atoms with Gasteiger partial charge in [0.15, 0.2) is 5.17 Å². The van der Waals surface area contributed by atoms with E-state index in [1.165, 1.54) is 18.4 Å². The highest BCUT2D eigenvalue weighted by atomic mass is 32.2. The van der Waals surface area contributed by atoms with Crippen LogP contribution < -0.4 is 11.1 Å². The van der Waals surface area contributed by atoms with Gasteiger partial charge in [-0.15, -0.1) is 11.3 Å². The lowest BCUT2D eigenvalue weighted by atomic mass is 9.77. The molecule has 1 aromatic heterocycles. The van der Waals surface area contributed by atoms with Crippen molar-refractivity contribution in [3.63, 3.8) is 0 Å². The first-order chi connectivity index (χ1) is 12.1. The molecular weight excluding hydrogens is 372 g/mol. The minimum atomic E-state index is -0.924. The maximum absolute atomic E-state index is 12.3. The predicted octanol–water partition coefficient (Wildman–Crippen LogP) is 2.58. The number of thioether (sulfide) groups is 1. The maximum Gasteiger partial charge on any atom is 0.257 e. The maximum atomic E-state index is 12.3. The molecule has 1 fully saturated rings. The van der Waals surface area contributed by atoms with Crippen molar-refractivity contribution in [1.29, 1.82) is 0 Å². The van der Waals surface area contributed by atoms with E-state index in [-0.39, 0.29) is 17.4 Å². The number of nitrogens with two attached hydrogens (primary N) is 1. The van der Waals surface area contributed by atoms with Crippen molar-refractivity contribution >= 4 is 40.0 Å². The number of methoxy groups -OCH3 is 1. The highest BCUT2D eigenvalue weighted by Crippen LogP contribution is 2.49. The Labute approximate surface area is 162 Å². The molecule has 3 heterocycles. The van der Waals surface area contributed by atoms with E-state index in [1.54, 1.807) is 25.6 Å². The number of aliphatic imine (C=N–C) groups is 1. The standard InChI is InChI=1S/C17H26N4O3S2/c1-15(2)6-10-7-26-14(18)21-17(10,9-24-15)13-20-11(8-25-13)19-12(22)16(3,4)23-5/h8,10H,6-7,9H2,1-5H3,(H2,18,21)(H,19,22)/t10-,17-/m0/s1. The van der Waals surface area contributed by atoms with E-state index < -0.39 is 11.1 Å². The van der Waals surface area contributed by atoms with Crippen molar-refractivity contribution in [3.8, 4) is 0 Å². The number of carbonyl (C=O) groups is 1. The Balaban J connectivity index is 1.89. The zero-order chi connectivity index (χ0) is 19.2. The van der Waals surface area contributed by atoms with Crippen molar-refractivity contribution in [2.75, 3.05) is 24.8 Å². The lowest BCUT2D eigenvalue weighted by Crippen LogP contribution is -2.52. The Morgan fingerprint density at radius 2 is 2.23 bits per heavy atom. The smallest absolute Gasteiger partial charge is 0.257 e. The molecule has 26 heavy (non-hydrogen) atoms. The molecule has 0 radical (unpaired) electrons. The van der Waals surface area contributed by atoms with Crippen LogP contribution in [0, 0.1) is 5.92 Å². The number of fused-ring (bicyclic) bond motifs is 1. The summed E-state index contributed by atoms with van der Waals surface area (Å²) in [5, 5.41) is 6.04. The molecule has 3 N–H and O–H groups in total. The largest absolute Gasteiger partial charge is 0.379 e. The van der Waals surface area contributed by atoms with E-state index in [9.17, 15) is 4.79 Å². The number of amides is 1. The van der Waals surface area contributed by atoms with Crippen molar-refractivity contribution in [2.24, 2.45) is 16.6 Å². The van der Waals surface area contributed by atoms with Crippen LogP contribution in [0.3, 0.4) is 0 Å². The number of aromatic nitrogens is 1. The van der Waals surface area contributed by atoms with E-state index in [1.807, 2.05) is 5.38 Å². The average molecular weight is 399 g/mol. The molecule has 0 aliphatic carbocycles. The van der Waals surface area contributed by atoms with Gasteiger partial charge in [0, 0.05) is 24.2 Å². The number of thiazole rings is 1. The summed E-state index contributed by atoms with van der Waals surface area (Å²) in [5.41, 5.74) is 4.36. The number of nitrogens with one attached hydrogen (secondary N) is 1. The van der Waals surface area contributed by atoms with Crippen molar-refractivity contribution in [2.45, 2.75) is 50.9 Å². The summed E-state index contributed by atoms with van der Waals surface area (Å²) in [6, 6.07) is 0. The first-order valence-corrected chi connectivity index (χ1v) is 10.4. The second-order valence-electron chi connectivity index (χ2n) is 7.84. The normalized spacial score (nSPS) is 28.2. The molecule has 9 heteroatoms. The van der Waals surface area contributed by atoms with Gasteiger partial charge in [0.05, 0.1) is 12.2 Å². The van der Waals surface area contributed by atoms with E-state index in [2.05, 4.69) is 24.1 Å². The Morgan fingerprint density at radius 3 is 2.92 bits per heavy atom. The Bertz CT molecular complexity index is 731. The van der Waals surface area contributed by atoms with Crippen LogP contribution in [-0.2, 0) is 19.8 Å². The van der Waals surface area contributed by atoms with Gasteiger partial charge in [-0.1, -0.05) is 11.8 Å². The number of anilines is 1. The van der Waals surface area contributed by atoms with E-state index in [0.717, 1.165) is 17.2 Å². The van der Waals surface area contributed by atoms with Gasteiger partial charge in [0.2, 0.25) is 0 Å². The first-order valence-electron chi connectivity index (χ1n) is 8.53. The molecule has 2 aliphatic rings. The van der Waals surface area contributed by atoms with E-state index in [0.29, 0.717) is 17.6 Å². The highest BCUT2D eigenvalue weighted by Gasteiger charge is 2.52. The lowest BCUT2D eigenvalue weighted by molar-refractivity contribution is -0.133. The summed E-state index contributed by atoms with van der Waals surface area (Å²) in [6.45, 7) is 8.07. The van der Waals surface area contributed by atoms with E-state index in [4.69, 9.17) is 20.2 Å². The molecule has 2 aliphatic heterocycles. The van der Waals surface area contributed by atoms with Gasteiger partial charge in [-0.3, -0.25) is 4.79 Å². The van der Waals surface area contributed by atoms with Crippen molar-refractivity contribution < 1.29 is 14.3 Å². The van der Waals surface area contributed by atoms with E-state index >= 15 is 0 Å². The van der Waals surface area contributed by atoms with Gasteiger partial charge in [0.1, 0.15) is 22.0 Å². The Morgan fingerprint density at radius 1 is 1.50 bits per heavy atom. The van der Waals surface area contributed by atoms with Crippen molar-refractivity contribution in [1.82, 2.24) is 4.98 Å². The first kappa shape index (κ1) is 19.6. The van der Waals surface area contributed by atoms with Crippen LogP contribution >= 0.6 is 23.1 Å². The number of ether oxygens (including phenoxy) is 2. The molecule has 1 amide bonds. The molecule has 7 nitrogen and oxygen atoms in total. The zero-order valence-corrected chi connectivity index (χ0v) is 17.4. The summed E-state index contributed by atoms with van der Waals surface area (Å²) in [7, 11) is 1.51. The molecule has 0 spiro atoms. The van der Waals surface area contributed by atoms with Crippen molar-refractivity contribution in [3.05, 3.63) is 10.4 Å². The fraction of sp³-hybridized carbons (Fsp3) is 0.706. The molecule has 0 bridgehead atoms. The van der Waals surface area contributed by atoms with Gasteiger partial charge in [0.25, 0.3) is 5.91 Å². The fourth-order valence-corrected chi connectivity index (χ4v) is 5.11. The fourth-order valence-electron chi connectivity index (χ4n) is 3.15. The lowest BCUT2D eigenvalue weighted by Gasteiger charge is -2.47. The van der Waals surface area contributed by atoms with Gasteiger partial charge in [-0.2, -0.15) is 0 Å². The third kappa shape index (κ3) is 3.62. The molecule has 0 unspecified atom stereocenters. The second-order valence-corrected chi connectivity index (χ2v) is 9.74. The molecule has 144 valence electrons. The summed E-state index contributed by atoms with van der Waals surface area (Å²) >= 11 is 3.06. The van der Waals surface area contributed by atoms with Crippen LogP contribution in [0.15, 0.2) is 10.4 Å². The van der Waals surface area contributed by atoms with Gasteiger partial charge in [-0.25, -0.2) is 9.98 Å². The number of hydrogen-bond acceptors (Lipinski definition) is 8. The van der Waals surface area contributed by atoms with Gasteiger partial charge >= 0.3 is 0 Å². The van der Waals surface area contributed by atoms with Crippen LogP contribution in [-0.4, -0.2) is 46.7 Å². The number of hydrogen-bond donors (Lipinski definition) is 2. The molecule has 0 saturated carbocycles. The van der Waals surface area contributed by atoms with Gasteiger partial charge < -0.3 is 20.5 Å². The Hall–Kier alpha value is -1.16. The predicted molar refractivity (Wildman–Crippen MR) is 106 cm³/mol. The topological polar surface area (TPSA) is 98.8 Å². The molecule has 0 aromatic carbocycles. The average Bonchev–Trinajstić information content (AvgIpc) is 3.03. The SMILES string of the molecule is COC(C)(C)C(=O)Nc1csc([C@]23COC(C)(C)C[C@H]2CSC(N)=N3)n1. The third-order valence-corrected chi connectivity index (χ3v) is 6.98. The van der Waals surface area contributed by atoms with Crippen LogP contribution in [0.2, 0.25) is 0 Å². The van der Waals surface area contributed by atoms with Gasteiger partial charge in [-0.05, 0) is 34.1 Å². The minimum absolute atomic E-state index is 0.187. The number of carbonyl (C=O) groups excluding carboxylic acids is 1. The number of nitrogens with zero attached hydrogens (tertiary/aromatic N) is 2. The zero-order valence-electron chi connectivity index (χ0n) is 15.8. The van der Waals surface area contributed by atoms with Crippen LogP contribution in [0.5, 0.6) is 0 Å². The highest BCUT2D eigenvalue weighted by molar-refractivity contribution is 8.13. The van der Waals surface area contributed by atoms with Crippen LogP contribution in [0.4, 0.5) is 5.82 Å². The van der Waals surface area contributed by atoms with Crippen LogP contribution in [0.1, 0.15) is 39.1 Å². The quantitative estimate of drug-likeness (QED) is 0.809. The molecule has 2 atom stereocenters. The molecule has 1 saturated heterocycles. The summed E-state index contributed by atoms with van der Waals surface area (Å²) in [4.78, 5) is 21.8. The summed E-state index contributed by atoms with van der Waals surface area (Å²) in [5.74, 6) is 1.44. The third-order valence-electron chi connectivity index (χ3n) is 5.01. The summed E-state index contributed by atoms with van der Waals surface area (Å²) in [6.07, 6.45) is 0.884. The van der Waals surface area contributed by atoms with Crippen LogP contribution in [0.25, 0.3) is 0 Å². The molecule has 1 aromatic rings. The molecule has 3 rings (SSSR count). The summed E-state index contributed by atoms with van der Waals surface area (Å²) < 4.78 is 11.3. The monoisotopic (exact) mass is 398 g/mol. The Kier molecular flexibility index (Phi) is 5.11. The molecular formula is C17H26N4O3S2. The number of rotatable bonds is 4. The minimum Gasteiger partial charge on any atom is -0.379 e. The second kappa shape index (κ2) is 6.78.